The van der Waals surface area contributed by atoms with Gasteiger partial charge < -0.3 is 31.1 Å². The van der Waals surface area contributed by atoms with Crippen molar-refractivity contribution in [3.63, 3.8) is 0 Å². The molecule has 0 saturated carbocycles. The van der Waals surface area contributed by atoms with E-state index in [0.717, 1.165) is 11.3 Å². The first-order chi connectivity index (χ1) is 8.97. The van der Waals surface area contributed by atoms with Crippen LogP contribution in [0.3, 0.4) is 0 Å². The molecular formula is C13H22N2O4. The number of hydrogen-bond donors (Lipinski definition) is 5. The number of rotatable bonds is 7. The Morgan fingerprint density at radius 1 is 1.11 bits per heavy atom. The highest BCUT2D eigenvalue weighted by Gasteiger charge is 2.16. The van der Waals surface area contributed by atoms with Gasteiger partial charge >= 0.3 is 0 Å². The molecular weight excluding hydrogens is 248 g/mol. The lowest BCUT2D eigenvalue weighted by atomic mass is 10.1. The van der Waals surface area contributed by atoms with Crippen molar-refractivity contribution in [3.8, 4) is 0 Å². The lowest BCUT2D eigenvalue weighted by molar-refractivity contribution is 0.0839. The molecule has 0 aromatic heterocycles. The highest BCUT2D eigenvalue weighted by atomic mass is 16.3. The number of anilines is 2. The van der Waals surface area contributed by atoms with E-state index in [9.17, 15) is 10.2 Å². The van der Waals surface area contributed by atoms with Gasteiger partial charge in [-0.3, -0.25) is 0 Å². The molecule has 1 aromatic rings. The normalized spacial score (nSPS) is 14.2. The van der Waals surface area contributed by atoms with Crippen LogP contribution < -0.4 is 10.6 Å². The van der Waals surface area contributed by atoms with Crippen LogP contribution in [0.4, 0.5) is 11.4 Å². The molecule has 108 valence electrons. The molecule has 6 N–H and O–H groups in total. The van der Waals surface area contributed by atoms with Gasteiger partial charge in [-0.2, -0.15) is 0 Å². The van der Waals surface area contributed by atoms with Crippen molar-refractivity contribution >= 4 is 11.4 Å². The maximum atomic E-state index is 9.54. The largest absolute Gasteiger partial charge is 0.399 e. The van der Waals surface area contributed by atoms with E-state index in [1.807, 2.05) is 13.0 Å². The first-order valence-electron chi connectivity index (χ1n) is 6.16. The van der Waals surface area contributed by atoms with Crippen LogP contribution in [-0.2, 0) is 0 Å². The third-order valence-corrected chi connectivity index (χ3v) is 2.90. The van der Waals surface area contributed by atoms with Crippen LogP contribution in [0.5, 0.6) is 0 Å². The van der Waals surface area contributed by atoms with Crippen LogP contribution in [-0.4, -0.2) is 58.9 Å². The number of aliphatic hydroxyl groups is 4. The van der Waals surface area contributed by atoms with Gasteiger partial charge in [0.2, 0.25) is 0 Å². The van der Waals surface area contributed by atoms with Crippen molar-refractivity contribution in [2.45, 2.75) is 19.1 Å². The van der Waals surface area contributed by atoms with Crippen LogP contribution in [0.2, 0.25) is 0 Å². The molecule has 0 aliphatic rings. The van der Waals surface area contributed by atoms with Gasteiger partial charge in [0.15, 0.2) is 0 Å². The minimum Gasteiger partial charge on any atom is -0.399 e. The maximum Gasteiger partial charge on any atom is 0.0945 e. The minimum atomic E-state index is -0.913. The Labute approximate surface area is 112 Å². The standard InChI is InChI=1S/C13H22N2O4/c1-9-4-10(2-3-13(9)14)15(5-11(18)7-16)6-12(19)8-17/h2-4,11-12,16-19H,5-8,14H2,1H3. The fourth-order valence-corrected chi connectivity index (χ4v) is 1.77. The fourth-order valence-electron chi connectivity index (χ4n) is 1.77. The highest BCUT2D eigenvalue weighted by Crippen LogP contribution is 2.21. The van der Waals surface area contributed by atoms with E-state index in [1.54, 1.807) is 17.0 Å². The molecule has 2 unspecified atom stereocenters. The van der Waals surface area contributed by atoms with Gasteiger partial charge in [0.05, 0.1) is 25.4 Å². The first kappa shape index (κ1) is 15.7. The summed E-state index contributed by atoms with van der Waals surface area (Å²) >= 11 is 0. The molecule has 0 aliphatic carbocycles. The van der Waals surface area contributed by atoms with Crippen molar-refractivity contribution in [1.82, 2.24) is 0 Å². The van der Waals surface area contributed by atoms with E-state index in [0.29, 0.717) is 5.69 Å². The summed E-state index contributed by atoms with van der Waals surface area (Å²) in [6.07, 6.45) is -1.83. The van der Waals surface area contributed by atoms with Gasteiger partial charge in [-0.1, -0.05) is 0 Å². The van der Waals surface area contributed by atoms with Gasteiger partial charge in [-0.25, -0.2) is 0 Å². The van der Waals surface area contributed by atoms with Crippen molar-refractivity contribution < 1.29 is 20.4 Å². The van der Waals surface area contributed by atoms with E-state index < -0.39 is 12.2 Å². The number of nitrogens with zero attached hydrogens (tertiary/aromatic N) is 1. The minimum absolute atomic E-state index is 0.164. The van der Waals surface area contributed by atoms with Crippen molar-refractivity contribution in [1.29, 1.82) is 0 Å². The molecule has 0 amide bonds. The molecule has 0 spiro atoms. The van der Waals surface area contributed by atoms with E-state index >= 15 is 0 Å². The quantitative estimate of drug-likeness (QED) is 0.410. The summed E-state index contributed by atoms with van der Waals surface area (Å²) in [6.45, 7) is 1.47. The highest BCUT2D eigenvalue weighted by molar-refractivity contribution is 5.58. The van der Waals surface area contributed by atoms with Crippen LogP contribution in [0.25, 0.3) is 0 Å². The third kappa shape index (κ3) is 4.68. The van der Waals surface area contributed by atoms with Crippen LogP contribution in [0.15, 0.2) is 18.2 Å². The Hall–Kier alpha value is -1.34. The summed E-state index contributed by atoms with van der Waals surface area (Å²) in [4.78, 5) is 1.70. The second-order valence-electron chi connectivity index (χ2n) is 4.62. The number of nitrogens with two attached hydrogens (primary N) is 1. The molecule has 0 aliphatic heterocycles. The average molecular weight is 270 g/mol. The Bertz CT molecular complexity index is 388. The Morgan fingerprint density at radius 2 is 1.63 bits per heavy atom. The predicted molar refractivity (Wildman–Crippen MR) is 74.0 cm³/mol. The van der Waals surface area contributed by atoms with Crippen LogP contribution in [0.1, 0.15) is 5.56 Å². The predicted octanol–water partition coefficient (Wildman–Crippen LogP) is -0.910. The molecule has 0 radical (unpaired) electrons. The molecule has 2 atom stereocenters. The van der Waals surface area contributed by atoms with E-state index in [4.69, 9.17) is 15.9 Å². The first-order valence-corrected chi connectivity index (χ1v) is 6.16. The lowest BCUT2D eigenvalue weighted by Crippen LogP contribution is -2.40. The second kappa shape index (κ2) is 7.30. The van der Waals surface area contributed by atoms with Gasteiger partial charge in [-0.15, -0.1) is 0 Å². The van der Waals surface area contributed by atoms with Gasteiger partial charge in [0.1, 0.15) is 0 Å². The molecule has 0 fully saturated rings. The zero-order valence-electron chi connectivity index (χ0n) is 11.0. The SMILES string of the molecule is Cc1cc(N(CC(O)CO)CC(O)CO)ccc1N. The monoisotopic (exact) mass is 270 g/mol. The average Bonchev–Trinajstić information content (AvgIpc) is 2.40. The summed E-state index contributed by atoms with van der Waals surface area (Å²) in [6, 6.07) is 5.36. The van der Waals surface area contributed by atoms with E-state index in [1.165, 1.54) is 0 Å². The zero-order valence-corrected chi connectivity index (χ0v) is 11.0. The molecule has 19 heavy (non-hydrogen) atoms. The van der Waals surface area contributed by atoms with Crippen LogP contribution >= 0.6 is 0 Å². The smallest absolute Gasteiger partial charge is 0.0945 e. The number of nitrogen functional groups attached to an aromatic ring is 1. The van der Waals surface area contributed by atoms with E-state index in [2.05, 4.69) is 0 Å². The summed E-state index contributed by atoms with van der Waals surface area (Å²) in [5.41, 5.74) is 8.07. The van der Waals surface area contributed by atoms with Crippen molar-refractivity contribution in [3.05, 3.63) is 23.8 Å². The fraction of sp³-hybridized carbons (Fsp3) is 0.538. The molecule has 6 heteroatoms. The molecule has 0 bridgehead atoms. The summed E-state index contributed by atoms with van der Waals surface area (Å²) in [5.74, 6) is 0. The van der Waals surface area contributed by atoms with E-state index in [-0.39, 0.29) is 26.3 Å². The topological polar surface area (TPSA) is 110 Å². The maximum absolute atomic E-state index is 9.54. The number of hydrogen-bond acceptors (Lipinski definition) is 6. The number of aryl methyl sites for hydroxylation is 1. The van der Waals surface area contributed by atoms with Gasteiger partial charge in [-0.05, 0) is 30.7 Å². The van der Waals surface area contributed by atoms with Crippen molar-refractivity contribution in [2.75, 3.05) is 36.9 Å². The second-order valence-corrected chi connectivity index (χ2v) is 4.62. The molecule has 6 nitrogen and oxygen atoms in total. The Morgan fingerprint density at radius 3 is 2.05 bits per heavy atom. The number of aliphatic hydroxyl groups excluding tert-OH is 4. The van der Waals surface area contributed by atoms with Gasteiger partial charge in [0.25, 0.3) is 0 Å². The van der Waals surface area contributed by atoms with Crippen LogP contribution in [0, 0.1) is 6.92 Å². The molecule has 1 aromatic carbocycles. The summed E-state index contributed by atoms with van der Waals surface area (Å²) in [5, 5.41) is 36.9. The molecule has 1 rings (SSSR count). The Kier molecular flexibility index (Phi) is 6.04. The van der Waals surface area contributed by atoms with Crippen molar-refractivity contribution in [2.24, 2.45) is 0 Å². The van der Waals surface area contributed by atoms with Gasteiger partial charge in [0, 0.05) is 24.5 Å². The summed E-state index contributed by atoms with van der Waals surface area (Å²) in [7, 11) is 0. The lowest BCUT2D eigenvalue weighted by Gasteiger charge is -2.29. The number of benzene rings is 1. The molecule has 0 heterocycles. The summed E-state index contributed by atoms with van der Waals surface area (Å²) < 4.78 is 0. The zero-order chi connectivity index (χ0) is 14.4. The molecule has 0 saturated heterocycles. The third-order valence-electron chi connectivity index (χ3n) is 2.90. The Balaban J connectivity index is 2.90.